The highest BCUT2D eigenvalue weighted by molar-refractivity contribution is 4.83. The van der Waals surface area contributed by atoms with Gasteiger partial charge in [0.15, 0.2) is 0 Å². The molecule has 0 spiro atoms. The van der Waals surface area contributed by atoms with Gasteiger partial charge in [0.05, 0.1) is 6.10 Å². The zero-order valence-corrected chi connectivity index (χ0v) is 8.08. The Morgan fingerprint density at radius 3 is 2.67 bits per heavy atom. The van der Waals surface area contributed by atoms with Gasteiger partial charge in [-0.3, -0.25) is 0 Å². The molecule has 1 aliphatic rings. The van der Waals surface area contributed by atoms with Crippen LogP contribution in [-0.4, -0.2) is 42.3 Å². The van der Waals surface area contributed by atoms with E-state index in [-0.39, 0.29) is 6.10 Å². The van der Waals surface area contributed by atoms with Gasteiger partial charge in [0, 0.05) is 19.6 Å². The van der Waals surface area contributed by atoms with Crippen LogP contribution in [0, 0.1) is 5.41 Å². The summed E-state index contributed by atoms with van der Waals surface area (Å²) in [5.41, 5.74) is 5.77. The molecule has 1 atom stereocenters. The molecular weight excluding hydrogens is 152 g/mol. The number of nitrogens with zero attached hydrogens (tertiary/aromatic N) is 1. The van der Waals surface area contributed by atoms with Crippen molar-refractivity contribution in [2.45, 2.75) is 26.4 Å². The summed E-state index contributed by atoms with van der Waals surface area (Å²) in [6, 6.07) is 0. The number of likely N-dealkylation sites (tertiary alicyclic amines) is 1. The van der Waals surface area contributed by atoms with E-state index in [9.17, 15) is 5.11 Å². The molecule has 3 N–H and O–H groups in total. The number of hydrogen-bond acceptors (Lipinski definition) is 3. The second kappa shape index (κ2) is 3.73. The van der Waals surface area contributed by atoms with E-state index < -0.39 is 0 Å². The molecule has 12 heavy (non-hydrogen) atoms. The SMILES string of the molecule is CC1(C)CCN(CC(O)CN)C1. The topological polar surface area (TPSA) is 49.5 Å². The fraction of sp³-hybridized carbons (Fsp3) is 1.00. The van der Waals surface area contributed by atoms with E-state index >= 15 is 0 Å². The molecule has 0 aromatic carbocycles. The summed E-state index contributed by atoms with van der Waals surface area (Å²) in [7, 11) is 0. The normalized spacial score (nSPS) is 26.0. The molecule has 0 aliphatic carbocycles. The van der Waals surface area contributed by atoms with Crippen molar-refractivity contribution in [2.24, 2.45) is 11.1 Å². The fourth-order valence-electron chi connectivity index (χ4n) is 1.75. The summed E-state index contributed by atoms with van der Waals surface area (Å²) in [6.45, 7) is 7.83. The minimum atomic E-state index is -0.348. The van der Waals surface area contributed by atoms with Gasteiger partial charge < -0.3 is 15.7 Å². The molecule has 0 bridgehead atoms. The Morgan fingerprint density at radius 1 is 1.58 bits per heavy atom. The van der Waals surface area contributed by atoms with Crippen LogP contribution in [0.2, 0.25) is 0 Å². The van der Waals surface area contributed by atoms with E-state index in [1.807, 2.05) is 0 Å². The Morgan fingerprint density at radius 2 is 2.25 bits per heavy atom. The minimum absolute atomic E-state index is 0.348. The molecule has 3 nitrogen and oxygen atoms in total. The van der Waals surface area contributed by atoms with E-state index in [4.69, 9.17) is 5.73 Å². The molecule has 1 fully saturated rings. The lowest BCUT2D eigenvalue weighted by Gasteiger charge is -2.21. The van der Waals surface area contributed by atoms with Crippen molar-refractivity contribution in [3.63, 3.8) is 0 Å². The molecule has 1 rings (SSSR count). The lowest BCUT2D eigenvalue weighted by Crippen LogP contribution is -2.35. The summed E-state index contributed by atoms with van der Waals surface area (Å²) in [6.07, 6.45) is 0.878. The predicted molar refractivity (Wildman–Crippen MR) is 49.9 cm³/mol. The van der Waals surface area contributed by atoms with Crippen molar-refractivity contribution >= 4 is 0 Å². The number of aliphatic hydroxyl groups is 1. The van der Waals surface area contributed by atoms with Crippen LogP contribution in [0.25, 0.3) is 0 Å². The van der Waals surface area contributed by atoms with Crippen LogP contribution in [0.5, 0.6) is 0 Å². The first-order valence-electron chi connectivity index (χ1n) is 4.64. The number of aliphatic hydroxyl groups excluding tert-OH is 1. The van der Waals surface area contributed by atoms with Crippen LogP contribution in [0.15, 0.2) is 0 Å². The summed E-state index contributed by atoms with van der Waals surface area (Å²) in [5.74, 6) is 0. The Balaban J connectivity index is 2.28. The molecule has 0 saturated carbocycles. The third-order valence-electron chi connectivity index (χ3n) is 2.50. The quantitative estimate of drug-likeness (QED) is 0.632. The molecule has 1 heterocycles. The molecule has 1 aliphatic heterocycles. The van der Waals surface area contributed by atoms with Crippen molar-refractivity contribution in [2.75, 3.05) is 26.2 Å². The van der Waals surface area contributed by atoms with Gasteiger partial charge in [-0.1, -0.05) is 13.8 Å². The lowest BCUT2D eigenvalue weighted by atomic mass is 9.93. The zero-order valence-electron chi connectivity index (χ0n) is 8.08. The van der Waals surface area contributed by atoms with Gasteiger partial charge in [-0.15, -0.1) is 0 Å². The number of β-amino-alcohol motifs (C(OH)–C–C–N with tert-alkyl or cyclic N) is 1. The van der Waals surface area contributed by atoms with Crippen LogP contribution in [0.1, 0.15) is 20.3 Å². The van der Waals surface area contributed by atoms with Crippen LogP contribution in [0.3, 0.4) is 0 Å². The first kappa shape index (κ1) is 9.96. The first-order valence-corrected chi connectivity index (χ1v) is 4.64. The van der Waals surface area contributed by atoms with Gasteiger partial charge in [-0.05, 0) is 18.4 Å². The Bertz CT molecular complexity index is 147. The second-order valence-electron chi connectivity index (χ2n) is 4.54. The maximum absolute atomic E-state index is 9.32. The lowest BCUT2D eigenvalue weighted by molar-refractivity contribution is 0.126. The molecular formula is C9H20N2O. The highest BCUT2D eigenvalue weighted by Crippen LogP contribution is 2.28. The van der Waals surface area contributed by atoms with Gasteiger partial charge in [0.25, 0.3) is 0 Å². The second-order valence-corrected chi connectivity index (χ2v) is 4.54. The van der Waals surface area contributed by atoms with Crippen molar-refractivity contribution in [3.05, 3.63) is 0 Å². The highest BCUT2D eigenvalue weighted by atomic mass is 16.3. The van der Waals surface area contributed by atoms with Crippen LogP contribution >= 0.6 is 0 Å². The molecule has 72 valence electrons. The highest BCUT2D eigenvalue weighted by Gasteiger charge is 2.29. The standard InChI is InChI=1S/C9H20N2O/c1-9(2)3-4-11(7-9)6-8(12)5-10/h8,12H,3-7,10H2,1-2H3. The van der Waals surface area contributed by atoms with Crippen molar-refractivity contribution < 1.29 is 5.11 Å². The molecule has 0 aromatic heterocycles. The van der Waals surface area contributed by atoms with E-state index in [0.717, 1.165) is 19.6 Å². The van der Waals surface area contributed by atoms with E-state index in [2.05, 4.69) is 18.7 Å². The Hall–Kier alpha value is -0.120. The third-order valence-corrected chi connectivity index (χ3v) is 2.50. The number of rotatable bonds is 3. The average molecular weight is 172 g/mol. The fourth-order valence-corrected chi connectivity index (χ4v) is 1.75. The van der Waals surface area contributed by atoms with Gasteiger partial charge in [-0.25, -0.2) is 0 Å². The van der Waals surface area contributed by atoms with E-state index in [1.54, 1.807) is 0 Å². The van der Waals surface area contributed by atoms with Crippen LogP contribution < -0.4 is 5.73 Å². The van der Waals surface area contributed by atoms with E-state index in [0.29, 0.717) is 12.0 Å². The maximum Gasteiger partial charge on any atom is 0.0789 e. The third kappa shape index (κ3) is 2.73. The van der Waals surface area contributed by atoms with Crippen LogP contribution in [-0.2, 0) is 0 Å². The predicted octanol–water partition coefficient (Wildman–Crippen LogP) is 0.0379. The molecule has 1 saturated heterocycles. The minimum Gasteiger partial charge on any atom is -0.390 e. The maximum atomic E-state index is 9.32. The average Bonchev–Trinajstić information content (AvgIpc) is 2.30. The Kier molecular flexibility index (Phi) is 3.09. The van der Waals surface area contributed by atoms with Gasteiger partial charge in [-0.2, -0.15) is 0 Å². The first-order chi connectivity index (χ1) is 5.53. The van der Waals surface area contributed by atoms with Gasteiger partial charge in [0.2, 0.25) is 0 Å². The number of hydrogen-bond donors (Lipinski definition) is 2. The molecule has 0 amide bonds. The van der Waals surface area contributed by atoms with Crippen LogP contribution in [0.4, 0.5) is 0 Å². The van der Waals surface area contributed by atoms with Crippen molar-refractivity contribution in [3.8, 4) is 0 Å². The van der Waals surface area contributed by atoms with Gasteiger partial charge in [0.1, 0.15) is 0 Å². The summed E-state index contributed by atoms with van der Waals surface area (Å²) < 4.78 is 0. The summed E-state index contributed by atoms with van der Waals surface area (Å²) in [5, 5.41) is 9.32. The van der Waals surface area contributed by atoms with Crippen molar-refractivity contribution in [1.29, 1.82) is 0 Å². The Labute approximate surface area is 74.5 Å². The van der Waals surface area contributed by atoms with Gasteiger partial charge >= 0.3 is 0 Å². The largest absolute Gasteiger partial charge is 0.390 e. The zero-order chi connectivity index (χ0) is 9.19. The van der Waals surface area contributed by atoms with Crippen molar-refractivity contribution in [1.82, 2.24) is 4.90 Å². The number of nitrogens with two attached hydrogens (primary N) is 1. The molecule has 1 unspecified atom stereocenters. The molecule has 3 heteroatoms. The van der Waals surface area contributed by atoms with E-state index in [1.165, 1.54) is 6.42 Å². The molecule has 0 radical (unpaired) electrons. The monoisotopic (exact) mass is 172 g/mol. The summed E-state index contributed by atoms with van der Waals surface area (Å²) in [4.78, 5) is 2.29. The molecule has 0 aromatic rings. The smallest absolute Gasteiger partial charge is 0.0789 e. The summed E-state index contributed by atoms with van der Waals surface area (Å²) >= 11 is 0.